The van der Waals surface area contributed by atoms with E-state index in [4.69, 9.17) is 11.6 Å². The SMILES string of the molecule is C/C(C=NNC(=O)c1ccn(Cc2ccc(Cl)cc2)n1)=C/c1ccc(C(C)C)cc1. The summed E-state index contributed by atoms with van der Waals surface area (Å²) in [5, 5.41) is 9.02. The maximum Gasteiger partial charge on any atom is 0.291 e. The van der Waals surface area contributed by atoms with Gasteiger partial charge in [-0.25, -0.2) is 5.43 Å². The van der Waals surface area contributed by atoms with E-state index in [1.165, 1.54) is 5.56 Å². The Balaban J connectivity index is 1.55. The summed E-state index contributed by atoms with van der Waals surface area (Å²) in [4.78, 5) is 12.3. The van der Waals surface area contributed by atoms with Crippen LogP contribution < -0.4 is 5.43 Å². The molecule has 0 radical (unpaired) electrons. The van der Waals surface area contributed by atoms with E-state index in [1.54, 1.807) is 23.2 Å². The van der Waals surface area contributed by atoms with Crippen molar-refractivity contribution in [2.45, 2.75) is 33.2 Å². The Kier molecular flexibility index (Phi) is 7.20. The third kappa shape index (κ3) is 6.16. The molecule has 3 aromatic rings. The normalized spacial score (nSPS) is 12.0. The van der Waals surface area contributed by atoms with Crippen LogP contribution in [-0.4, -0.2) is 21.9 Å². The fourth-order valence-electron chi connectivity index (χ4n) is 2.88. The number of hydrogen-bond donors (Lipinski definition) is 1. The number of carbonyl (C=O) groups excluding carboxylic acids is 1. The highest BCUT2D eigenvalue weighted by atomic mass is 35.5. The summed E-state index contributed by atoms with van der Waals surface area (Å²) >= 11 is 5.90. The van der Waals surface area contributed by atoms with Gasteiger partial charge in [0.15, 0.2) is 5.69 Å². The fourth-order valence-corrected chi connectivity index (χ4v) is 3.00. The Hall–Kier alpha value is -3.18. The van der Waals surface area contributed by atoms with Gasteiger partial charge in [-0.3, -0.25) is 9.48 Å². The molecule has 0 saturated carbocycles. The molecule has 6 heteroatoms. The minimum atomic E-state index is -0.352. The molecule has 0 aliphatic carbocycles. The van der Waals surface area contributed by atoms with Crippen molar-refractivity contribution in [3.8, 4) is 0 Å². The lowest BCUT2D eigenvalue weighted by Crippen LogP contribution is -2.18. The molecule has 0 atom stereocenters. The number of halogens is 1. The summed E-state index contributed by atoms with van der Waals surface area (Å²) in [7, 11) is 0. The molecule has 1 N–H and O–H groups in total. The number of carbonyl (C=O) groups is 1. The maximum atomic E-state index is 12.3. The van der Waals surface area contributed by atoms with E-state index >= 15 is 0 Å². The number of nitrogens with zero attached hydrogens (tertiary/aromatic N) is 3. The second-order valence-corrected chi connectivity index (χ2v) is 7.87. The minimum Gasteiger partial charge on any atom is -0.268 e. The lowest BCUT2D eigenvalue weighted by atomic mass is 10.0. The quantitative estimate of drug-likeness (QED) is 0.403. The van der Waals surface area contributed by atoms with Gasteiger partial charge < -0.3 is 0 Å². The van der Waals surface area contributed by atoms with Gasteiger partial charge in [0.05, 0.1) is 12.8 Å². The van der Waals surface area contributed by atoms with Crippen molar-refractivity contribution in [2.75, 3.05) is 0 Å². The van der Waals surface area contributed by atoms with Gasteiger partial charge in [-0.15, -0.1) is 0 Å². The molecule has 30 heavy (non-hydrogen) atoms. The van der Waals surface area contributed by atoms with E-state index in [1.807, 2.05) is 37.3 Å². The summed E-state index contributed by atoms with van der Waals surface area (Å²) in [5.74, 6) is 0.158. The van der Waals surface area contributed by atoms with Gasteiger partial charge >= 0.3 is 0 Å². The van der Waals surface area contributed by atoms with Gasteiger partial charge in [0.1, 0.15) is 0 Å². The Morgan fingerprint density at radius 2 is 1.83 bits per heavy atom. The van der Waals surface area contributed by atoms with Crippen molar-refractivity contribution in [1.29, 1.82) is 0 Å². The number of nitrogens with one attached hydrogen (secondary N) is 1. The molecule has 0 spiro atoms. The summed E-state index contributed by atoms with van der Waals surface area (Å²) in [6.45, 7) is 6.84. The maximum absolute atomic E-state index is 12.3. The molecule has 5 nitrogen and oxygen atoms in total. The van der Waals surface area contributed by atoms with Gasteiger partial charge in [-0.05, 0) is 53.3 Å². The molecule has 0 saturated heterocycles. The van der Waals surface area contributed by atoms with Crippen LogP contribution in [0.15, 0.2) is 71.5 Å². The van der Waals surface area contributed by atoms with E-state index in [9.17, 15) is 4.79 Å². The fraction of sp³-hybridized carbons (Fsp3) is 0.208. The number of amides is 1. The number of benzene rings is 2. The van der Waals surface area contributed by atoms with E-state index in [0.29, 0.717) is 23.2 Å². The number of hydrogen-bond acceptors (Lipinski definition) is 3. The third-order valence-corrected chi connectivity index (χ3v) is 4.81. The molecule has 0 aliphatic rings. The van der Waals surface area contributed by atoms with Crippen molar-refractivity contribution in [3.05, 3.63) is 93.8 Å². The number of rotatable bonds is 7. The number of hydrazone groups is 1. The zero-order chi connectivity index (χ0) is 21.5. The first kappa shape index (κ1) is 21.5. The second kappa shape index (κ2) is 10.0. The van der Waals surface area contributed by atoms with E-state index in [2.05, 4.69) is 53.7 Å². The first-order valence-corrected chi connectivity index (χ1v) is 10.2. The average Bonchev–Trinajstić information content (AvgIpc) is 3.19. The molecular weight excluding hydrogens is 396 g/mol. The first-order chi connectivity index (χ1) is 14.4. The van der Waals surface area contributed by atoms with Crippen molar-refractivity contribution in [3.63, 3.8) is 0 Å². The highest BCUT2D eigenvalue weighted by Gasteiger charge is 2.08. The van der Waals surface area contributed by atoms with Crippen molar-refractivity contribution >= 4 is 29.8 Å². The first-order valence-electron chi connectivity index (χ1n) is 9.80. The molecule has 0 bridgehead atoms. The molecule has 3 rings (SSSR count). The topological polar surface area (TPSA) is 59.3 Å². The van der Waals surface area contributed by atoms with Crippen LogP contribution in [0.2, 0.25) is 5.02 Å². The van der Waals surface area contributed by atoms with Crippen molar-refractivity contribution in [1.82, 2.24) is 15.2 Å². The van der Waals surface area contributed by atoms with Crippen LogP contribution in [0.25, 0.3) is 6.08 Å². The number of aromatic nitrogens is 2. The molecule has 2 aromatic carbocycles. The molecule has 154 valence electrons. The van der Waals surface area contributed by atoms with Crippen LogP contribution in [-0.2, 0) is 6.54 Å². The molecule has 0 unspecified atom stereocenters. The zero-order valence-corrected chi connectivity index (χ0v) is 18.1. The summed E-state index contributed by atoms with van der Waals surface area (Å²) in [5.41, 5.74) is 7.21. The Morgan fingerprint density at radius 3 is 2.50 bits per heavy atom. The van der Waals surface area contributed by atoms with Gasteiger partial charge in [0.25, 0.3) is 5.91 Å². The zero-order valence-electron chi connectivity index (χ0n) is 17.3. The Labute approximate surface area is 182 Å². The minimum absolute atomic E-state index is 0.312. The smallest absolute Gasteiger partial charge is 0.268 e. The predicted octanol–water partition coefficient (Wildman–Crippen LogP) is 5.53. The Bertz CT molecular complexity index is 1050. The largest absolute Gasteiger partial charge is 0.291 e. The van der Waals surface area contributed by atoms with E-state index in [0.717, 1.165) is 16.7 Å². The van der Waals surface area contributed by atoms with E-state index < -0.39 is 0 Å². The molecule has 1 heterocycles. The lowest BCUT2D eigenvalue weighted by Gasteiger charge is -2.05. The molecular formula is C24H25ClN4O. The standard InChI is InChI=1S/C24H25ClN4O/c1-17(2)21-8-4-19(5-9-21)14-18(3)15-26-27-24(30)23-12-13-29(28-23)16-20-6-10-22(25)11-7-20/h4-15,17H,16H2,1-3H3,(H,27,30)/b18-14-,26-15?. The second-order valence-electron chi connectivity index (χ2n) is 7.43. The number of allylic oxidation sites excluding steroid dienone is 1. The van der Waals surface area contributed by atoms with Crippen LogP contribution in [0.5, 0.6) is 0 Å². The highest BCUT2D eigenvalue weighted by Crippen LogP contribution is 2.16. The van der Waals surface area contributed by atoms with Crippen molar-refractivity contribution < 1.29 is 4.79 Å². The van der Waals surface area contributed by atoms with E-state index in [-0.39, 0.29) is 5.91 Å². The highest BCUT2D eigenvalue weighted by molar-refractivity contribution is 6.30. The predicted molar refractivity (Wildman–Crippen MR) is 123 cm³/mol. The monoisotopic (exact) mass is 420 g/mol. The van der Waals surface area contributed by atoms with Crippen LogP contribution >= 0.6 is 11.6 Å². The molecule has 0 aliphatic heterocycles. The van der Waals surface area contributed by atoms with Gasteiger partial charge in [0.2, 0.25) is 0 Å². The van der Waals surface area contributed by atoms with Gasteiger partial charge in [-0.1, -0.05) is 67.9 Å². The van der Waals surface area contributed by atoms with Gasteiger partial charge in [-0.2, -0.15) is 10.2 Å². The summed E-state index contributed by atoms with van der Waals surface area (Å²) in [6.07, 6.45) is 5.40. The summed E-state index contributed by atoms with van der Waals surface area (Å²) in [6, 6.07) is 17.6. The molecule has 1 amide bonds. The molecule has 0 fully saturated rings. The lowest BCUT2D eigenvalue weighted by molar-refractivity contribution is 0.0949. The van der Waals surface area contributed by atoms with Gasteiger partial charge in [0, 0.05) is 11.2 Å². The third-order valence-electron chi connectivity index (χ3n) is 4.56. The van der Waals surface area contributed by atoms with Crippen LogP contribution in [0.1, 0.15) is 53.9 Å². The average molecular weight is 421 g/mol. The Morgan fingerprint density at radius 1 is 1.13 bits per heavy atom. The molecule has 1 aromatic heterocycles. The van der Waals surface area contributed by atoms with Crippen LogP contribution in [0, 0.1) is 0 Å². The van der Waals surface area contributed by atoms with Crippen LogP contribution in [0.4, 0.5) is 0 Å². The van der Waals surface area contributed by atoms with Crippen molar-refractivity contribution in [2.24, 2.45) is 5.10 Å². The summed E-state index contributed by atoms with van der Waals surface area (Å²) < 4.78 is 1.70. The van der Waals surface area contributed by atoms with Crippen LogP contribution in [0.3, 0.4) is 0 Å².